The van der Waals surface area contributed by atoms with E-state index in [4.69, 9.17) is 0 Å². The van der Waals surface area contributed by atoms with Crippen LogP contribution < -0.4 is 10.2 Å². The maximum atomic E-state index is 3.04. The third kappa shape index (κ3) is 5.99. The average Bonchev–Trinajstić information content (AvgIpc) is 1.99. The standard InChI is InChI=1S/C5H13IN2P2/c1-4(7-9)2-3-5(6)8-10/h2-5,7-8H,9-10H2,1H3/b3-2+/t4-,5+/m1/s1. The van der Waals surface area contributed by atoms with Gasteiger partial charge in [-0.1, -0.05) is 53.5 Å². The molecule has 0 aliphatic rings. The largest absolute Gasteiger partial charge is 0.294 e. The Labute approximate surface area is 80.6 Å². The number of alkyl halides is 1. The SMILES string of the molecule is C[C@H](/C=C/[C@@H](I)NP)NP. The van der Waals surface area contributed by atoms with Crippen molar-refractivity contribution in [3.63, 3.8) is 0 Å². The lowest BCUT2D eigenvalue weighted by atomic mass is 10.3. The second kappa shape index (κ2) is 6.93. The molecule has 0 bridgehead atoms. The van der Waals surface area contributed by atoms with Crippen LogP contribution in [0.25, 0.3) is 0 Å². The first-order chi connectivity index (χ1) is 4.70. The highest BCUT2D eigenvalue weighted by Gasteiger charge is 1.93. The van der Waals surface area contributed by atoms with Crippen LogP contribution in [0.1, 0.15) is 6.92 Å². The van der Waals surface area contributed by atoms with Gasteiger partial charge in [0.2, 0.25) is 0 Å². The Morgan fingerprint density at radius 3 is 2.30 bits per heavy atom. The van der Waals surface area contributed by atoms with E-state index < -0.39 is 0 Å². The zero-order valence-corrected chi connectivity index (χ0v) is 10.3. The summed E-state index contributed by atoms with van der Waals surface area (Å²) in [6, 6.07) is 0.417. The quantitative estimate of drug-likeness (QED) is 0.269. The number of nitrogens with one attached hydrogen (secondary N) is 2. The first kappa shape index (κ1) is 11.2. The maximum absolute atomic E-state index is 3.04. The molecule has 60 valence electrons. The van der Waals surface area contributed by atoms with Crippen LogP contribution in [0.15, 0.2) is 12.2 Å². The van der Waals surface area contributed by atoms with Crippen LogP contribution in [-0.2, 0) is 0 Å². The summed E-state index contributed by atoms with van der Waals surface area (Å²) in [5, 5.41) is 6.06. The summed E-state index contributed by atoms with van der Waals surface area (Å²) in [6.45, 7) is 2.09. The topological polar surface area (TPSA) is 24.1 Å². The van der Waals surface area contributed by atoms with Crippen molar-refractivity contribution in [2.45, 2.75) is 17.0 Å². The van der Waals surface area contributed by atoms with E-state index in [2.05, 4.69) is 70.6 Å². The highest BCUT2D eigenvalue weighted by atomic mass is 127. The van der Waals surface area contributed by atoms with Crippen molar-refractivity contribution in [3.8, 4) is 0 Å². The smallest absolute Gasteiger partial charge is 0.0808 e. The molecule has 0 saturated heterocycles. The Morgan fingerprint density at radius 1 is 1.30 bits per heavy atom. The fourth-order valence-corrected chi connectivity index (χ4v) is 0.837. The lowest BCUT2D eigenvalue weighted by Crippen LogP contribution is -2.14. The van der Waals surface area contributed by atoms with E-state index in [0.29, 0.717) is 10.1 Å². The van der Waals surface area contributed by atoms with Crippen molar-refractivity contribution in [1.29, 1.82) is 0 Å². The third-order valence-electron chi connectivity index (χ3n) is 0.991. The van der Waals surface area contributed by atoms with E-state index in [9.17, 15) is 0 Å². The normalized spacial score (nSPS) is 17.6. The van der Waals surface area contributed by atoms with Gasteiger partial charge < -0.3 is 0 Å². The van der Waals surface area contributed by atoms with E-state index >= 15 is 0 Å². The summed E-state index contributed by atoms with van der Waals surface area (Å²) >= 11 is 2.30. The van der Waals surface area contributed by atoms with Gasteiger partial charge in [-0.25, -0.2) is 0 Å². The minimum atomic E-state index is 0.392. The van der Waals surface area contributed by atoms with Gasteiger partial charge >= 0.3 is 0 Å². The second-order valence-electron chi connectivity index (χ2n) is 1.91. The molecule has 0 aromatic rings. The summed E-state index contributed by atoms with van der Waals surface area (Å²) in [4.78, 5) is 0. The van der Waals surface area contributed by atoms with Crippen molar-refractivity contribution in [3.05, 3.63) is 12.2 Å². The molecule has 2 unspecified atom stereocenters. The Morgan fingerprint density at radius 2 is 1.90 bits per heavy atom. The van der Waals surface area contributed by atoms with Crippen LogP contribution in [-0.4, -0.2) is 10.1 Å². The highest BCUT2D eigenvalue weighted by Crippen LogP contribution is 2.00. The van der Waals surface area contributed by atoms with Gasteiger partial charge in [0.05, 0.1) is 4.05 Å². The maximum Gasteiger partial charge on any atom is 0.0808 e. The Bertz CT molecular complexity index is 97.8. The van der Waals surface area contributed by atoms with Crippen LogP contribution in [0, 0.1) is 0 Å². The molecular weight excluding hydrogens is 277 g/mol. The summed E-state index contributed by atoms with van der Waals surface area (Å²) in [5.74, 6) is 0. The van der Waals surface area contributed by atoms with Crippen molar-refractivity contribution in [2.75, 3.05) is 0 Å². The second-order valence-corrected chi connectivity index (χ2v) is 3.92. The molecule has 0 spiro atoms. The molecule has 2 N–H and O–H groups in total. The van der Waals surface area contributed by atoms with Gasteiger partial charge in [0.1, 0.15) is 0 Å². The number of hydrogen-bond donors (Lipinski definition) is 2. The lowest BCUT2D eigenvalue weighted by molar-refractivity contribution is 0.846. The molecule has 0 aromatic carbocycles. The van der Waals surface area contributed by atoms with Crippen LogP contribution in [0.5, 0.6) is 0 Å². The highest BCUT2D eigenvalue weighted by molar-refractivity contribution is 14.1. The van der Waals surface area contributed by atoms with Gasteiger partial charge in [0, 0.05) is 6.04 Å². The summed E-state index contributed by atoms with van der Waals surface area (Å²) in [6.07, 6.45) is 4.22. The van der Waals surface area contributed by atoms with Gasteiger partial charge in [0.15, 0.2) is 0 Å². The number of halogens is 1. The molecule has 5 heteroatoms. The predicted octanol–water partition coefficient (Wildman–Crippen LogP) is 1.45. The monoisotopic (exact) mass is 290 g/mol. The zero-order valence-electron chi connectivity index (χ0n) is 5.84. The third-order valence-corrected chi connectivity index (χ3v) is 3.33. The van der Waals surface area contributed by atoms with E-state index in [0.717, 1.165) is 0 Å². The van der Waals surface area contributed by atoms with Crippen molar-refractivity contribution < 1.29 is 0 Å². The summed E-state index contributed by atoms with van der Waals surface area (Å²) in [5.41, 5.74) is 0. The lowest BCUT2D eigenvalue weighted by Gasteiger charge is -2.04. The predicted molar refractivity (Wildman–Crippen MR) is 62.1 cm³/mol. The molecule has 4 atom stereocenters. The first-order valence-corrected chi connectivity index (χ1v) is 5.35. The molecule has 0 saturated carbocycles. The molecule has 0 aliphatic carbocycles. The molecule has 0 aliphatic heterocycles. The zero-order chi connectivity index (χ0) is 7.98. The summed E-state index contributed by atoms with van der Waals surface area (Å²) < 4.78 is 0.392. The van der Waals surface area contributed by atoms with Gasteiger partial charge in [-0.15, -0.1) is 0 Å². The molecule has 0 amide bonds. The van der Waals surface area contributed by atoms with Crippen LogP contribution in [0.2, 0.25) is 0 Å². The van der Waals surface area contributed by atoms with Gasteiger partial charge in [-0.05, 0) is 6.92 Å². The van der Waals surface area contributed by atoms with Gasteiger partial charge in [-0.2, -0.15) is 0 Å². The molecule has 0 rings (SSSR count). The van der Waals surface area contributed by atoms with E-state index in [-0.39, 0.29) is 0 Å². The number of rotatable bonds is 4. The minimum Gasteiger partial charge on any atom is -0.294 e. The first-order valence-electron chi connectivity index (χ1n) is 2.95. The minimum absolute atomic E-state index is 0.392. The molecule has 10 heavy (non-hydrogen) atoms. The van der Waals surface area contributed by atoms with Crippen molar-refractivity contribution in [1.82, 2.24) is 10.2 Å². The Balaban J connectivity index is 3.52. The molecule has 0 radical (unpaired) electrons. The Hall–Kier alpha value is 1.25. The van der Waals surface area contributed by atoms with E-state index in [1.54, 1.807) is 0 Å². The van der Waals surface area contributed by atoms with E-state index in [1.165, 1.54) is 0 Å². The van der Waals surface area contributed by atoms with Gasteiger partial charge in [0.25, 0.3) is 0 Å². The van der Waals surface area contributed by atoms with Crippen molar-refractivity contribution >= 4 is 41.4 Å². The summed E-state index contributed by atoms with van der Waals surface area (Å²) in [7, 11) is 4.97. The molecule has 0 aromatic heterocycles. The molecule has 0 heterocycles. The molecule has 0 fully saturated rings. The fraction of sp³-hybridized carbons (Fsp3) is 0.600. The van der Waals surface area contributed by atoms with Crippen LogP contribution in [0.4, 0.5) is 0 Å². The fourth-order valence-electron chi connectivity index (χ4n) is 0.375. The molecular formula is C5H13IN2P2. The van der Waals surface area contributed by atoms with Crippen molar-refractivity contribution in [2.24, 2.45) is 0 Å². The average molecular weight is 290 g/mol. The Kier molecular flexibility index (Phi) is 7.80. The van der Waals surface area contributed by atoms with E-state index in [1.807, 2.05) is 0 Å². The van der Waals surface area contributed by atoms with Crippen LogP contribution in [0.3, 0.4) is 0 Å². The van der Waals surface area contributed by atoms with Crippen LogP contribution >= 0.6 is 41.4 Å². The molecule has 2 nitrogen and oxygen atoms in total. The number of hydrogen-bond acceptors (Lipinski definition) is 2. The van der Waals surface area contributed by atoms with Gasteiger partial charge in [-0.3, -0.25) is 10.2 Å².